The lowest BCUT2D eigenvalue weighted by molar-refractivity contribution is -0.386. The molecule has 29 heavy (non-hydrogen) atoms. The fourth-order valence-corrected chi connectivity index (χ4v) is 3.55. The highest BCUT2D eigenvalue weighted by Gasteiger charge is 2.40. The Morgan fingerprint density at radius 2 is 0.966 bits per heavy atom. The Kier molecular flexibility index (Phi) is 5.08. The Hall–Kier alpha value is -3.92. The van der Waals surface area contributed by atoms with Gasteiger partial charge in [-0.1, -0.05) is 103 Å². The van der Waals surface area contributed by atoms with Crippen LogP contribution in [0.5, 0.6) is 5.75 Å². The van der Waals surface area contributed by atoms with Crippen LogP contribution >= 0.6 is 0 Å². The Labute approximate surface area is 169 Å². The molecule has 0 aliphatic rings. The first kappa shape index (κ1) is 18.4. The van der Waals surface area contributed by atoms with E-state index >= 15 is 0 Å². The maximum Gasteiger partial charge on any atom is 0.310 e. The van der Waals surface area contributed by atoms with Crippen molar-refractivity contribution in [2.24, 2.45) is 0 Å². The van der Waals surface area contributed by atoms with E-state index in [2.05, 4.69) is 0 Å². The van der Waals surface area contributed by atoms with Crippen LogP contribution in [0.15, 0.2) is 115 Å². The van der Waals surface area contributed by atoms with E-state index in [1.807, 2.05) is 91.0 Å². The van der Waals surface area contributed by atoms with Crippen LogP contribution in [-0.4, -0.2) is 4.92 Å². The van der Waals surface area contributed by atoms with Crippen molar-refractivity contribution in [3.63, 3.8) is 0 Å². The second kappa shape index (κ2) is 7.98. The maximum atomic E-state index is 11.6. The molecule has 0 radical (unpaired) electrons. The third-order valence-corrected chi connectivity index (χ3v) is 4.87. The first-order valence-corrected chi connectivity index (χ1v) is 9.31. The molecular weight excluding hydrogens is 362 g/mol. The Morgan fingerprint density at radius 3 is 1.38 bits per heavy atom. The smallest absolute Gasteiger partial charge is 0.310 e. The lowest BCUT2D eigenvalue weighted by atomic mass is 9.80. The summed E-state index contributed by atoms with van der Waals surface area (Å²) in [6, 6.07) is 35.8. The summed E-state index contributed by atoms with van der Waals surface area (Å²) in [5, 5.41) is 11.6. The average Bonchev–Trinajstić information content (AvgIpc) is 2.79. The molecule has 0 atom stereocenters. The molecule has 0 N–H and O–H groups in total. The minimum atomic E-state index is -1.05. The molecule has 0 bridgehead atoms. The zero-order valence-corrected chi connectivity index (χ0v) is 15.6. The number of nitrogens with zero attached hydrogens (tertiary/aromatic N) is 1. The summed E-state index contributed by atoms with van der Waals surface area (Å²) in [6.07, 6.45) is 0. The van der Waals surface area contributed by atoms with Gasteiger partial charge in [0.2, 0.25) is 0 Å². The predicted octanol–water partition coefficient (Wildman–Crippen LogP) is 5.97. The van der Waals surface area contributed by atoms with Crippen LogP contribution in [0.2, 0.25) is 0 Å². The highest BCUT2D eigenvalue weighted by Crippen LogP contribution is 2.43. The van der Waals surface area contributed by atoms with E-state index in [1.54, 1.807) is 18.2 Å². The van der Waals surface area contributed by atoms with Crippen molar-refractivity contribution < 1.29 is 9.66 Å². The molecule has 0 heterocycles. The van der Waals surface area contributed by atoms with Crippen LogP contribution in [0.1, 0.15) is 16.7 Å². The molecule has 0 spiro atoms. The summed E-state index contributed by atoms with van der Waals surface area (Å²) in [4.78, 5) is 11.2. The minimum Gasteiger partial charge on any atom is -0.466 e. The minimum absolute atomic E-state index is 0.0698. The molecular formula is C25H19NO3. The predicted molar refractivity (Wildman–Crippen MR) is 113 cm³/mol. The average molecular weight is 381 g/mol. The second-order valence-electron chi connectivity index (χ2n) is 6.61. The zero-order chi connectivity index (χ0) is 20.1. The first-order chi connectivity index (χ1) is 14.2. The molecule has 0 saturated heterocycles. The van der Waals surface area contributed by atoms with Crippen molar-refractivity contribution in [1.29, 1.82) is 0 Å². The third kappa shape index (κ3) is 3.48. The van der Waals surface area contributed by atoms with Crippen LogP contribution in [0.25, 0.3) is 0 Å². The molecule has 0 aliphatic carbocycles. The number of hydrogen-bond donors (Lipinski definition) is 0. The summed E-state index contributed by atoms with van der Waals surface area (Å²) in [5.74, 6) is 0.217. The molecule has 4 rings (SSSR count). The summed E-state index contributed by atoms with van der Waals surface area (Å²) in [6.45, 7) is 0. The van der Waals surface area contributed by atoms with Gasteiger partial charge < -0.3 is 4.74 Å². The van der Waals surface area contributed by atoms with Crippen LogP contribution in [0.4, 0.5) is 5.69 Å². The summed E-state index contributed by atoms with van der Waals surface area (Å²) < 4.78 is 6.61. The van der Waals surface area contributed by atoms with Crippen LogP contribution in [0, 0.1) is 10.1 Å². The quantitative estimate of drug-likeness (QED) is 0.235. The number of rotatable bonds is 6. The number of benzene rings is 4. The molecule has 4 aromatic carbocycles. The van der Waals surface area contributed by atoms with Gasteiger partial charge >= 0.3 is 5.69 Å². The van der Waals surface area contributed by atoms with Gasteiger partial charge in [0, 0.05) is 22.8 Å². The number of ether oxygens (including phenoxy) is 1. The van der Waals surface area contributed by atoms with Crippen molar-refractivity contribution in [3.8, 4) is 5.75 Å². The fourth-order valence-electron chi connectivity index (χ4n) is 3.55. The largest absolute Gasteiger partial charge is 0.466 e. The molecule has 0 amide bonds. The first-order valence-electron chi connectivity index (χ1n) is 9.31. The molecule has 4 nitrogen and oxygen atoms in total. The number of para-hydroxylation sites is 2. The number of nitro groups is 1. The molecule has 4 aromatic rings. The molecule has 0 unspecified atom stereocenters. The second-order valence-corrected chi connectivity index (χ2v) is 6.61. The summed E-state index contributed by atoms with van der Waals surface area (Å²) in [7, 11) is 0. The van der Waals surface area contributed by atoms with Gasteiger partial charge in [0.1, 0.15) is 0 Å². The van der Waals surface area contributed by atoms with E-state index < -0.39 is 10.5 Å². The van der Waals surface area contributed by atoms with Crippen molar-refractivity contribution in [2.45, 2.75) is 5.60 Å². The van der Waals surface area contributed by atoms with Gasteiger partial charge in [0.25, 0.3) is 0 Å². The van der Waals surface area contributed by atoms with Gasteiger partial charge in [-0.15, -0.1) is 0 Å². The fraction of sp³-hybridized carbons (Fsp3) is 0.0400. The Morgan fingerprint density at radius 1 is 0.586 bits per heavy atom. The van der Waals surface area contributed by atoms with Crippen LogP contribution < -0.4 is 4.74 Å². The van der Waals surface area contributed by atoms with E-state index in [4.69, 9.17) is 4.74 Å². The van der Waals surface area contributed by atoms with Crippen LogP contribution in [0.3, 0.4) is 0 Å². The molecule has 0 fully saturated rings. The lowest BCUT2D eigenvalue weighted by Crippen LogP contribution is -2.36. The Bertz CT molecular complexity index is 1000. The van der Waals surface area contributed by atoms with E-state index in [9.17, 15) is 10.1 Å². The van der Waals surface area contributed by atoms with Gasteiger partial charge in [-0.05, 0) is 6.07 Å². The van der Waals surface area contributed by atoms with E-state index in [1.165, 1.54) is 6.07 Å². The van der Waals surface area contributed by atoms with Crippen LogP contribution in [-0.2, 0) is 5.60 Å². The standard InChI is InChI=1S/C25H19NO3/c27-26(28)23-18-10-11-19-24(23)29-25(20-12-4-1-5-13-20,21-14-6-2-7-15-21)22-16-8-3-9-17-22/h1-19H. The molecule has 0 saturated carbocycles. The Balaban J connectivity index is 2.03. The van der Waals surface area contributed by atoms with E-state index in [0.717, 1.165) is 16.7 Å². The van der Waals surface area contributed by atoms with Gasteiger partial charge in [-0.2, -0.15) is 0 Å². The number of hydrogen-bond acceptors (Lipinski definition) is 3. The molecule has 0 aromatic heterocycles. The van der Waals surface area contributed by atoms with Gasteiger partial charge in [0.15, 0.2) is 11.4 Å². The molecule has 4 heteroatoms. The summed E-state index contributed by atoms with van der Waals surface area (Å²) >= 11 is 0. The maximum absolute atomic E-state index is 11.6. The highest BCUT2D eigenvalue weighted by molar-refractivity contribution is 5.52. The van der Waals surface area contributed by atoms with Crippen molar-refractivity contribution in [1.82, 2.24) is 0 Å². The van der Waals surface area contributed by atoms with Gasteiger partial charge in [0.05, 0.1) is 4.92 Å². The van der Waals surface area contributed by atoms with Gasteiger partial charge in [-0.3, -0.25) is 10.1 Å². The molecule has 0 aliphatic heterocycles. The number of nitro benzene ring substituents is 1. The van der Waals surface area contributed by atoms with Crippen molar-refractivity contribution in [2.75, 3.05) is 0 Å². The molecule has 142 valence electrons. The van der Waals surface area contributed by atoms with E-state index in [0.29, 0.717) is 0 Å². The zero-order valence-electron chi connectivity index (χ0n) is 15.6. The summed E-state index contributed by atoms with van der Waals surface area (Å²) in [5.41, 5.74) is 1.54. The normalized spacial score (nSPS) is 11.0. The monoisotopic (exact) mass is 381 g/mol. The SMILES string of the molecule is O=[N+]([O-])c1ccccc1OC(c1ccccc1)(c1ccccc1)c1ccccc1. The van der Waals surface area contributed by atoms with E-state index in [-0.39, 0.29) is 11.4 Å². The van der Waals surface area contributed by atoms with Crippen molar-refractivity contribution >= 4 is 5.69 Å². The topological polar surface area (TPSA) is 52.4 Å². The lowest BCUT2D eigenvalue weighted by Gasteiger charge is -2.36. The highest BCUT2D eigenvalue weighted by atomic mass is 16.6. The third-order valence-electron chi connectivity index (χ3n) is 4.87. The van der Waals surface area contributed by atoms with Gasteiger partial charge in [-0.25, -0.2) is 0 Å². The van der Waals surface area contributed by atoms with Crippen molar-refractivity contribution in [3.05, 3.63) is 142 Å².